The summed E-state index contributed by atoms with van der Waals surface area (Å²) in [5.74, 6) is -0.972. The minimum atomic E-state index is -0.542. The lowest BCUT2D eigenvalue weighted by Gasteiger charge is -2.03. The van der Waals surface area contributed by atoms with Crippen LogP contribution in [0.5, 0.6) is 0 Å². The van der Waals surface area contributed by atoms with E-state index in [2.05, 4.69) is 5.10 Å². The Morgan fingerprint density at radius 2 is 2.00 bits per heavy atom. The van der Waals surface area contributed by atoms with Crippen molar-refractivity contribution in [1.29, 1.82) is 0 Å². The first-order chi connectivity index (χ1) is 10.1. The van der Waals surface area contributed by atoms with E-state index >= 15 is 0 Å². The highest BCUT2D eigenvalue weighted by molar-refractivity contribution is 6.07. The lowest BCUT2D eigenvalue weighted by molar-refractivity contribution is -0.141. The fourth-order valence-corrected chi connectivity index (χ4v) is 2.00. The van der Waals surface area contributed by atoms with Crippen LogP contribution >= 0.6 is 0 Å². The van der Waals surface area contributed by atoms with E-state index in [9.17, 15) is 14.4 Å². The Balaban J connectivity index is 2.26. The molecule has 1 heterocycles. The third kappa shape index (κ3) is 3.16. The van der Waals surface area contributed by atoms with E-state index in [1.165, 1.54) is 10.9 Å². The highest BCUT2D eigenvalue weighted by atomic mass is 16.5. The van der Waals surface area contributed by atoms with E-state index in [-0.39, 0.29) is 24.7 Å². The van der Waals surface area contributed by atoms with Crippen LogP contribution in [0.3, 0.4) is 0 Å². The molecule has 1 aromatic carbocycles. The highest BCUT2D eigenvalue weighted by Gasteiger charge is 2.15. The summed E-state index contributed by atoms with van der Waals surface area (Å²) in [5.41, 5.74) is 1.05. The Bertz CT molecular complexity index is 703. The van der Waals surface area contributed by atoms with Crippen LogP contribution in [0.1, 0.15) is 41.8 Å². The molecule has 1 aromatic heterocycles. The number of hydrogen-bond donors (Lipinski definition) is 0. The van der Waals surface area contributed by atoms with Gasteiger partial charge in [0, 0.05) is 17.4 Å². The minimum absolute atomic E-state index is 0.115. The first-order valence-corrected chi connectivity index (χ1v) is 6.76. The van der Waals surface area contributed by atoms with E-state index in [0.29, 0.717) is 22.9 Å². The van der Waals surface area contributed by atoms with Crippen molar-refractivity contribution >= 4 is 28.6 Å². The summed E-state index contributed by atoms with van der Waals surface area (Å²) in [6, 6.07) is 4.88. The van der Waals surface area contributed by atoms with Crippen molar-refractivity contribution in [1.82, 2.24) is 9.78 Å². The Hall–Kier alpha value is -2.50. The zero-order valence-corrected chi connectivity index (χ0v) is 12.0. The minimum Gasteiger partial charge on any atom is -0.466 e. The van der Waals surface area contributed by atoms with Gasteiger partial charge in [-0.2, -0.15) is 5.10 Å². The second-order valence-corrected chi connectivity index (χ2v) is 4.48. The van der Waals surface area contributed by atoms with E-state index in [0.717, 1.165) is 0 Å². The van der Waals surface area contributed by atoms with Crippen LogP contribution in [0, 0.1) is 0 Å². The monoisotopic (exact) mass is 288 g/mol. The number of fused-ring (bicyclic) bond motifs is 1. The largest absolute Gasteiger partial charge is 0.466 e. The van der Waals surface area contributed by atoms with Gasteiger partial charge in [0.05, 0.1) is 18.3 Å². The molecule has 0 saturated heterocycles. The van der Waals surface area contributed by atoms with Gasteiger partial charge in [0.15, 0.2) is 5.78 Å². The summed E-state index contributed by atoms with van der Waals surface area (Å²) in [6.45, 7) is 3.69. The molecule has 2 rings (SSSR count). The smallest absolute Gasteiger partial charge is 0.313 e. The van der Waals surface area contributed by atoms with Crippen molar-refractivity contribution in [2.75, 3.05) is 6.61 Å². The summed E-state index contributed by atoms with van der Waals surface area (Å²) >= 11 is 0. The Morgan fingerprint density at radius 3 is 2.67 bits per heavy atom. The van der Waals surface area contributed by atoms with Crippen LogP contribution in [0.15, 0.2) is 24.4 Å². The number of hydrogen-bond acceptors (Lipinski definition) is 5. The molecule has 0 aliphatic heterocycles. The SMILES string of the molecule is CCOC(=O)CC(=O)c1ccc2c(cnn2C(=O)CC)c1. The Kier molecular flexibility index (Phi) is 4.47. The molecule has 0 atom stereocenters. The first kappa shape index (κ1) is 14.9. The number of ether oxygens (including phenoxy) is 1. The number of rotatable bonds is 5. The molecule has 21 heavy (non-hydrogen) atoms. The number of nitrogens with zero attached hydrogens (tertiary/aromatic N) is 2. The molecule has 0 unspecified atom stereocenters. The molecule has 110 valence electrons. The number of Topliss-reactive ketones (excluding diaryl/α,β-unsaturated/α-hetero) is 1. The number of carbonyl (C=O) groups excluding carboxylic acids is 3. The number of aromatic nitrogens is 2. The van der Waals surface area contributed by atoms with Gasteiger partial charge in [-0.1, -0.05) is 6.92 Å². The van der Waals surface area contributed by atoms with E-state index in [4.69, 9.17) is 4.74 Å². The molecule has 0 spiro atoms. The van der Waals surface area contributed by atoms with Crippen LogP contribution < -0.4 is 0 Å². The zero-order chi connectivity index (χ0) is 15.4. The molecule has 6 nitrogen and oxygen atoms in total. The lowest BCUT2D eigenvalue weighted by Crippen LogP contribution is -2.12. The van der Waals surface area contributed by atoms with Gasteiger partial charge < -0.3 is 4.74 Å². The number of carbonyl (C=O) groups is 3. The van der Waals surface area contributed by atoms with Gasteiger partial charge in [-0.3, -0.25) is 14.4 Å². The van der Waals surface area contributed by atoms with Crippen LogP contribution in [0.2, 0.25) is 0 Å². The molecule has 0 radical (unpaired) electrons. The van der Waals surface area contributed by atoms with E-state index in [1.54, 1.807) is 32.0 Å². The molecule has 0 N–H and O–H groups in total. The molecule has 0 saturated carbocycles. The summed E-state index contributed by atoms with van der Waals surface area (Å²) in [6.07, 6.45) is 1.59. The van der Waals surface area contributed by atoms with Gasteiger partial charge in [-0.25, -0.2) is 4.68 Å². The van der Waals surface area contributed by atoms with Crippen LogP contribution in [0.25, 0.3) is 10.9 Å². The normalized spacial score (nSPS) is 10.6. The van der Waals surface area contributed by atoms with Gasteiger partial charge in [0.25, 0.3) is 0 Å². The maximum absolute atomic E-state index is 12.0. The van der Waals surface area contributed by atoms with Gasteiger partial charge in [0.2, 0.25) is 5.91 Å². The fraction of sp³-hybridized carbons (Fsp3) is 0.333. The van der Waals surface area contributed by atoms with Crippen molar-refractivity contribution in [3.05, 3.63) is 30.0 Å². The number of esters is 1. The molecule has 0 bridgehead atoms. The Morgan fingerprint density at radius 1 is 1.24 bits per heavy atom. The summed E-state index contributed by atoms with van der Waals surface area (Å²) in [7, 11) is 0. The summed E-state index contributed by atoms with van der Waals surface area (Å²) in [5, 5.41) is 4.71. The average molecular weight is 288 g/mol. The molecule has 0 aliphatic rings. The van der Waals surface area contributed by atoms with Crippen molar-refractivity contribution in [3.8, 4) is 0 Å². The number of benzene rings is 1. The molecule has 2 aromatic rings. The topological polar surface area (TPSA) is 78.3 Å². The third-order valence-corrected chi connectivity index (χ3v) is 3.04. The third-order valence-electron chi connectivity index (χ3n) is 3.04. The predicted molar refractivity (Wildman–Crippen MR) is 76.2 cm³/mol. The molecular formula is C15H16N2O4. The van der Waals surface area contributed by atoms with Crippen LogP contribution in [-0.4, -0.2) is 34.0 Å². The lowest BCUT2D eigenvalue weighted by atomic mass is 10.1. The van der Waals surface area contributed by atoms with Crippen LogP contribution in [0.4, 0.5) is 0 Å². The van der Waals surface area contributed by atoms with Crippen molar-refractivity contribution in [2.24, 2.45) is 0 Å². The molecular weight excluding hydrogens is 272 g/mol. The molecule has 0 amide bonds. The maximum atomic E-state index is 12.0. The maximum Gasteiger partial charge on any atom is 0.313 e. The van der Waals surface area contributed by atoms with Crippen molar-refractivity contribution in [2.45, 2.75) is 26.7 Å². The predicted octanol–water partition coefficient (Wildman–Crippen LogP) is 2.22. The van der Waals surface area contributed by atoms with Gasteiger partial charge in [-0.05, 0) is 25.1 Å². The summed E-state index contributed by atoms with van der Waals surface area (Å²) in [4.78, 5) is 35.0. The van der Waals surface area contributed by atoms with Crippen molar-refractivity contribution < 1.29 is 19.1 Å². The van der Waals surface area contributed by atoms with Crippen LogP contribution in [-0.2, 0) is 9.53 Å². The second-order valence-electron chi connectivity index (χ2n) is 4.48. The first-order valence-electron chi connectivity index (χ1n) is 6.76. The zero-order valence-electron chi connectivity index (χ0n) is 12.0. The average Bonchev–Trinajstić information content (AvgIpc) is 2.89. The quantitative estimate of drug-likeness (QED) is 0.479. The van der Waals surface area contributed by atoms with E-state index in [1.807, 2.05) is 0 Å². The number of ketones is 1. The second kappa shape index (κ2) is 6.30. The highest BCUT2D eigenvalue weighted by Crippen LogP contribution is 2.17. The standard InChI is InChI=1S/C15H16N2O4/c1-3-14(19)17-12-6-5-10(7-11(12)9-16-17)13(18)8-15(20)21-4-2/h5-7,9H,3-4,8H2,1-2H3. The Labute approximate surface area is 121 Å². The van der Waals surface area contributed by atoms with E-state index < -0.39 is 5.97 Å². The summed E-state index contributed by atoms with van der Waals surface area (Å²) < 4.78 is 6.07. The van der Waals surface area contributed by atoms with Gasteiger partial charge in [0.1, 0.15) is 6.42 Å². The van der Waals surface area contributed by atoms with Gasteiger partial charge in [-0.15, -0.1) is 0 Å². The van der Waals surface area contributed by atoms with Crippen molar-refractivity contribution in [3.63, 3.8) is 0 Å². The molecule has 0 fully saturated rings. The fourth-order valence-electron chi connectivity index (χ4n) is 2.00. The molecule has 0 aliphatic carbocycles. The van der Waals surface area contributed by atoms with Gasteiger partial charge >= 0.3 is 5.97 Å². The molecule has 6 heteroatoms.